The van der Waals surface area contributed by atoms with E-state index in [0.717, 1.165) is 23.9 Å². The SMILES string of the molecule is C#CCN(CCCOc1ccc2ccc(=O)oc2c1)Cc1cccc(F)c1. The maximum atomic E-state index is 13.3. The fourth-order valence-electron chi connectivity index (χ4n) is 2.85. The third kappa shape index (κ3) is 5.44. The number of hydrogen-bond acceptors (Lipinski definition) is 4. The molecule has 0 radical (unpaired) electrons. The fourth-order valence-corrected chi connectivity index (χ4v) is 2.85. The van der Waals surface area contributed by atoms with Gasteiger partial charge in [0.2, 0.25) is 0 Å². The monoisotopic (exact) mass is 365 g/mol. The van der Waals surface area contributed by atoms with E-state index in [2.05, 4.69) is 10.8 Å². The summed E-state index contributed by atoms with van der Waals surface area (Å²) in [5.41, 5.74) is 0.998. The zero-order valence-corrected chi connectivity index (χ0v) is 14.9. The summed E-state index contributed by atoms with van der Waals surface area (Å²) in [5, 5.41) is 0.845. The minimum Gasteiger partial charge on any atom is -0.493 e. The van der Waals surface area contributed by atoms with E-state index in [4.69, 9.17) is 15.6 Å². The van der Waals surface area contributed by atoms with Gasteiger partial charge in [0.25, 0.3) is 0 Å². The van der Waals surface area contributed by atoms with E-state index in [1.807, 2.05) is 18.2 Å². The van der Waals surface area contributed by atoms with Crippen LogP contribution in [0.5, 0.6) is 5.75 Å². The summed E-state index contributed by atoms with van der Waals surface area (Å²) in [4.78, 5) is 13.4. The summed E-state index contributed by atoms with van der Waals surface area (Å²) in [7, 11) is 0. The zero-order valence-electron chi connectivity index (χ0n) is 14.9. The molecule has 5 heteroatoms. The van der Waals surface area contributed by atoms with Crippen molar-refractivity contribution in [3.8, 4) is 18.1 Å². The summed E-state index contributed by atoms with van der Waals surface area (Å²) in [5.74, 6) is 3.03. The molecule has 0 saturated heterocycles. The molecule has 3 aromatic rings. The molecular weight excluding hydrogens is 345 g/mol. The van der Waals surface area contributed by atoms with Gasteiger partial charge in [0, 0.05) is 30.6 Å². The van der Waals surface area contributed by atoms with Crippen molar-refractivity contribution < 1.29 is 13.5 Å². The normalized spacial score (nSPS) is 10.9. The maximum Gasteiger partial charge on any atom is 0.336 e. The highest BCUT2D eigenvalue weighted by Gasteiger charge is 2.06. The third-order valence-corrected chi connectivity index (χ3v) is 4.09. The Morgan fingerprint density at radius 2 is 2.00 bits per heavy atom. The minimum atomic E-state index is -0.387. The first kappa shape index (κ1) is 18.7. The lowest BCUT2D eigenvalue weighted by Crippen LogP contribution is -2.26. The van der Waals surface area contributed by atoms with Crippen LogP contribution < -0.4 is 10.4 Å². The second kappa shape index (κ2) is 9.02. The lowest BCUT2D eigenvalue weighted by Gasteiger charge is -2.20. The molecule has 138 valence electrons. The first-order chi connectivity index (χ1) is 13.1. The van der Waals surface area contributed by atoms with Crippen LogP contribution in [0.25, 0.3) is 11.0 Å². The largest absolute Gasteiger partial charge is 0.493 e. The van der Waals surface area contributed by atoms with Gasteiger partial charge < -0.3 is 9.15 Å². The van der Waals surface area contributed by atoms with Gasteiger partial charge in [-0.15, -0.1) is 6.42 Å². The van der Waals surface area contributed by atoms with Crippen LogP contribution in [0.3, 0.4) is 0 Å². The number of hydrogen-bond donors (Lipinski definition) is 0. The van der Waals surface area contributed by atoms with Crippen LogP contribution in [-0.2, 0) is 6.54 Å². The molecule has 0 aliphatic carbocycles. The molecule has 27 heavy (non-hydrogen) atoms. The van der Waals surface area contributed by atoms with Gasteiger partial charge in [-0.2, -0.15) is 0 Å². The van der Waals surface area contributed by atoms with Crippen LogP contribution in [0.2, 0.25) is 0 Å². The maximum absolute atomic E-state index is 13.3. The first-order valence-corrected chi connectivity index (χ1v) is 8.71. The van der Waals surface area contributed by atoms with Crippen molar-refractivity contribution in [3.63, 3.8) is 0 Å². The van der Waals surface area contributed by atoms with E-state index in [1.165, 1.54) is 18.2 Å². The predicted molar refractivity (Wildman–Crippen MR) is 103 cm³/mol. The standard InChI is InChI=1S/C22H20FNO3/c1-2-11-24(16-17-5-3-6-19(23)14-17)12-4-13-26-20-9-7-18-8-10-22(25)27-21(18)15-20/h1,3,5-10,14-15H,4,11-13,16H2. The lowest BCUT2D eigenvalue weighted by atomic mass is 10.2. The topological polar surface area (TPSA) is 42.7 Å². The fraction of sp³-hybridized carbons (Fsp3) is 0.227. The number of nitrogens with zero attached hydrogens (tertiary/aromatic N) is 1. The van der Waals surface area contributed by atoms with E-state index >= 15 is 0 Å². The van der Waals surface area contributed by atoms with Gasteiger partial charge in [0.15, 0.2) is 0 Å². The van der Waals surface area contributed by atoms with Gasteiger partial charge in [0.1, 0.15) is 17.1 Å². The second-order valence-corrected chi connectivity index (χ2v) is 6.20. The van der Waals surface area contributed by atoms with E-state index < -0.39 is 0 Å². The van der Waals surface area contributed by atoms with Crippen LogP contribution in [0.1, 0.15) is 12.0 Å². The van der Waals surface area contributed by atoms with Crippen LogP contribution in [0.15, 0.2) is 63.8 Å². The molecular formula is C22H20FNO3. The molecule has 0 aliphatic heterocycles. The Bertz CT molecular complexity index is 1010. The van der Waals surface area contributed by atoms with Crippen LogP contribution >= 0.6 is 0 Å². The summed E-state index contributed by atoms with van der Waals surface area (Å²) < 4.78 is 24.2. The Morgan fingerprint density at radius 3 is 2.81 bits per heavy atom. The van der Waals surface area contributed by atoms with E-state index in [1.54, 1.807) is 18.2 Å². The van der Waals surface area contributed by atoms with Crippen molar-refractivity contribution in [2.75, 3.05) is 19.7 Å². The zero-order chi connectivity index (χ0) is 19.1. The van der Waals surface area contributed by atoms with Crippen LogP contribution in [0.4, 0.5) is 4.39 Å². The lowest BCUT2D eigenvalue weighted by molar-refractivity contribution is 0.246. The van der Waals surface area contributed by atoms with Gasteiger partial charge in [0.05, 0.1) is 13.2 Å². The molecule has 0 spiro atoms. The van der Waals surface area contributed by atoms with Crippen molar-refractivity contribution in [3.05, 3.63) is 76.4 Å². The highest BCUT2D eigenvalue weighted by atomic mass is 19.1. The van der Waals surface area contributed by atoms with Crippen molar-refractivity contribution >= 4 is 11.0 Å². The van der Waals surface area contributed by atoms with Crippen molar-refractivity contribution in [1.29, 1.82) is 0 Å². The molecule has 1 aromatic heterocycles. The summed E-state index contributed by atoms with van der Waals surface area (Å²) in [6.07, 6.45) is 6.20. The molecule has 0 fully saturated rings. The minimum absolute atomic E-state index is 0.251. The number of ether oxygens (including phenoxy) is 1. The highest BCUT2D eigenvalue weighted by Crippen LogP contribution is 2.19. The predicted octanol–water partition coefficient (Wildman–Crippen LogP) is 3.84. The number of terminal acetylenes is 1. The van der Waals surface area contributed by atoms with Crippen molar-refractivity contribution in [2.24, 2.45) is 0 Å². The molecule has 0 atom stereocenters. The molecule has 0 amide bonds. The van der Waals surface area contributed by atoms with Gasteiger partial charge in [-0.3, -0.25) is 4.90 Å². The molecule has 0 saturated carbocycles. The van der Waals surface area contributed by atoms with Gasteiger partial charge in [-0.05, 0) is 42.3 Å². The van der Waals surface area contributed by atoms with E-state index in [9.17, 15) is 9.18 Å². The molecule has 1 heterocycles. The average molecular weight is 365 g/mol. The molecule has 4 nitrogen and oxygen atoms in total. The van der Waals surface area contributed by atoms with E-state index in [0.29, 0.717) is 31.0 Å². The molecule has 0 unspecified atom stereocenters. The van der Waals surface area contributed by atoms with E-state index in [-0.39, 0.29) is 11.4 Å². The van der Waals surface area contributed by atoms with Crippen molar-refractivity contribution in [2.45, 2.75) is 13.0 Å². The summed E-state index contributed by atoms with van der Waals surface area (Å²) in [6.45, 7) is 2.29. The average Bonchev–Trinajstić information content (AvgIpc) is 2.65. The van der Waals surface area contributed by atoms with Crippen LogP contribution in [-0.4, -0.2) is 24.6 Å². The Labute approximate surface area is 157 Å². The second-order valence-electron chi connectivity index (χ2n) is 6.20. The van der Waals surface area contributed by atoms with Gasteiger partial charge in [-0.1, -0.05) is 18.1 Å². The highest BCUT2D eigenvalue weighted by molar-refractivity contribution is 5.77. The first-order valence-electron chi connectivity index (χ1n) is 8.71. The molecule has 3 rings (SSSR count). The quantitative estimate of drug-likeness (QED) is 0.346. The van der Waals surface area contributed by atoms with Crippen LogP contribution in [0, 0.1) is 18.2 Å². The third-order valence-electron chi connectivity index (χ3n) is 4.09. The molecule has 0 bridgehead atoms. The van der Waals surface area contributed by atoms with Gasteiger partial charge in [-0.25, -0.2) is 9.18 Å². The number of rotatable bonds is 8. The summed E-state index contributed by atoms with van der Waals surface area (Å²) >= 11 is 0. The Kier molecular flexibility index (Phi) is 6.24. The number of fused-ring (bicyclic) bond motifs is 1. The van der Waals surface area contributed by atoms with Crippen molar-refractivity contribution in [1.82, 2.24) is 4.90 Å². The smallest absolute Gasteiger partial charge is 0.336 e. The Morgan fingerprint density at radius 1 is 1.15 bits per heavy atom. The molecule has 0 N–H and O–H groups in total. The summed E-state index contributed by atoms with van der Waals surface area (Å²) in [6, 6.07) is 15.0. The van der Waals surface area contributed by atoms with Gasteiger partial charge >= 0.3 is 5.63 Å². The Balaban J connectivity index is 1.53. The molecule has 0 aliphatic rings. The number of benzene rings is 2. The Hall–Kier alpha value is -3.10. The number of halogens is 1. The molecule has 2 aromatic carbocycles.